The molecular weight excluding hydrogens is 512 g/mol. The summed E-state index contributed by atoms with van der Waals surface area (Å²) in [4.78, 5) is 11.0. The van der Waals surface area contributed by atoms with Crippen LogP contribution >= 0.6 is 0 Å². The molecule has 0 aromatic heterocycles. The van der Waals surface area contributed by atoms with Crippen molar-refractivity contribution in [3.63, 3.8) is 0 Å². The monoisotopic (exact) mass is 589 g/mol. The molecule has 0 radical (unpaired) electrons. The fraction of sp³-hybridized carbons (Fsp3) is 0.975. The zero-order valence-electron chi connectivity index (χ0n) is 28.9. The molecule has 2 heteroatoms. The van der Waals surface area contributed by atoms with Gasteiger partial charge in [-0.1, -0.05) is 181 Å². The van der Waals surface area contributed by atoms with Crippen LogP contribution < -0.4 is 0 Å². The van der Waals surface area contributed by atoms with E-state index >= 15 is 0 Å². The second-order valence-electron chi connectivity index (χ2n) is 14.9. The Morgan fingerprint density at radius 2 is 0.738 bits per heavy atom. The molecule has 0 saturated heterocycles. The topological polar surface area (TPSA) is 26.3 Å². The maximum absolute atomic E-state index is 11.0. The molecule has 0 bridgehead atoms. The first-order chi connectivity index (χ1) is 20.8. The second kappa shape index (κ2) is 26.8. The lowest BCUT2D eigenvalue weighted by atomic mass is 10.0. The van der Waals surface area contributed by atoms with E-state index in [2.05, 4.69) is 13.8 Å². The molecule has 0 amide bonds. The number of ether oxygens (including phenoxy) is 1. The van der Waals surface area contributed by atoms with Crippen LogP contribution in [0.1, 0.15) is 219 Å². The van der Waals surface area contributed by atoms with E-state index in [1.165, 1.54) is 193 Å². The SMILES string of the molecule is CCCCCCCCC1CC1CCCCCCCCC(CCCCCCCCC1CC1CCCCCCCC)OC=O. The van der Waals surface area contributed by atoms with Gasteiger partial charge in [0.15, 0.2) is 0 Å². The molecule has 0 spiro atoms. The normalized spacial score (nSPS) is 21.9. The zero-order valence-corrected chi connectivity index (χ0v) is 28.9. The zero-order chi connectivity index (χ0) is 29.9. The molecule has 0 aromatic rings. The number of carbonyl (C=O) groups excluding carboxylic acids is 1. The maximum Gasteiger partial charge on any atom is 0.293 e. The summed E-state index contributed by atoms with van der Waals surface area (Å²) in [6.07, 6.45) is 45.1. The van der Waals surface area contributed by atoms with Crippen molar-refractivity contribution in [2.75, 3.05) is 0 Å². The fourth-order valence-electron chi connectivity index (χ4n) is 7.74. The second-order valence-corrected chi connectivity index (χ2v) is 14.9. The first-order valence-corrected chi connectivity index (χ1v) is 19.9. The molecule has 2 saturated carbocycles. The minimum atomic E-state index is 0.166. The van der Waals surface area contributed by atoms with Crippen LogP contribution in [0.4, 0.5) is 0 Å². The third kappa shape index (κ3) is 21.2. The largest absolute Gasteiger partial charge is 0.465 e. The summed E-state index contributed by atoms with van der Waals surface area (Å²) in [6.45, 7) is 5.30. The van der Waals surface area contributed by atoms with Gasteiger partial charge >= 0.3 is 0 Å². The van der Waals surface area contributed by atoms with E-state index in [1.54, 1.807) is 0 Å². The van der Waals surface area contributed by atoms with Crippen LogP contribution in [-0.2, 0) is 9.53 Å². The standard InChI is InChI=1S/C40H76O2/c1-3-5-7-9-15-21-27-36-33-38(36)29-23-17-11-13-19-25-31-40(42-35-41)32-26-20-14-12-18-24-30-39-34-37(39)28-22-16-10-8-6-4-2/h35-40H,3-34H2,1-2H3. The Labute approximate surface area is 264 Å². The Hall–Kier alpha value is -0.530. The fourth-order valence-corrected chi connectivity index (χ4v) is 7.74. The molecule has 4 unspecified atom stereocenters. The van der Waals surface area contributed by atoms with Gasteiger partial charge in [0.1, 0.15) is 6.10 Å². The number of rotatable bonds is 34. The molecule has 248 valence electrons. The highest BCUT2D eigenvalue weighted by Gasteiger charge is 2.35. The lowest BCUT2D eigenvalue weighted by Crippen LogP contribution is -2.12. The van der Waals surface area contributed by atoms with Crippen molar-refractivity contribution >= 4 is 6.47 Å². The van der Waals surface area contributed by atoms with Gasteiger partial charge in [0.05, 0.1) is 0 Å². The molecule has 2 aliphatic carbocycles. The van der Waals surface area contributed by atoms with Crippen LogP contribution in [0.5, 0.6) is 0 Å². The van der Waals surface area contributed by atoms with Crippen molar-refractivity contribution in [3.8, 4) is 0 Å². The number of hydrogen-bond acceptors (Lipinski definition) is 2. The van der Waals surface area contributed by atoms with Crippen LogP contribution in [0.3, 0.4) is 0 Å². The van der Waals surface area contributed by atoms with E-state index in [9.17, 15) is 4.79 Å². The Kier molecular flexibility index (Phi) is 24.1. The molecule has 0 aromatic carbocycles. The van der Waals surface area contributed by atoms with Crippen LogP contribution in [-0.4, -0.2) is 12.6 Å². The van der Waals surface area contributed by atoms with Crippen LogP contribution in [0.2, 0.25) is 0 Å². The van der Waals surface area contributed by atoms with E-state index in [4.69, 9.17) is 4.74 Å². The van der Waals surface area contributed by atoms with E-state index in [1.807, 2.05) is 0 Å². The summed E-state index contributed by atoms with van der Waals surface area (Å²) in [5.41, 5.74) is 0. The number of carbonyl (C=O) groups is 1. The van der Waals surface area contributed by atoms with Gasteiger partial charge in [-0.3, -0.25) is 4.79 Å². The van der Waals surface area contributed by atoms with Gasteiger partial charge in [-0.2, -0.15) is 0 Å². The number of hydrogen-bond donors (Lipinski definition) is 0. The van der Waals surface area contributed by atoms with Gasteiger partial charge in [-0.05, 0) is 62.2 Å². The molecule has 2 fully saturated rings. The average molecular weight is 589 g/mol. The number of unbranched alkanes of at least 4 members (excludes halogenated alkanes) is 20. The molecule has 0 heterocycles. The van der Waals surface area contributed by atoms with Crippen molar-refractivity contribution in [2.45, 2.75) is 225 Å². The summed E-state index contributed by atoms with van der Waals surface area (Å²) in [7, 11) is 0. The maximum atomic E-state index is 11.0. The first kappa shape index (κ1) is 37.7. The average Bonchev–Trinajstić information content (AvgIpc) is 3.92. The van der Waals surface area contributed by atoms with E-state index in [0.717, 1.165) is 36.5 Å². The van der Waals surface area contributed by atoms with Gasteiger partial charge in [0.2, 0.25) is 0 Å². The van der Waals surface area contributed by atoms with Crippen molar-refractivity contribution in [3.05, 3.63) is 0 Å². The van der Waals surface area contributed by atoms with E-state index in [-0.39, 0.29) is 6.10 Å². The van der Waals surface area contributed by atoms with E-state index < -0.39 is 0 Å². The molecule has 42 heavy (non-hydrogen) atoms. The first-order valence-electron chi connectivity index (χ1n) is 19.9. The Morgan fingerprint density at radius 1 is 0.452 bits per heavy atom. The highest BCUT2D eigenvalue weighted by Crippen LogP contribution is 2.46. The predicted octanol–water partition coefficient (Wildman–Crippen LogP) is 13.5. The highest BCUT2D eigenvalue weighted by molar-refractivity contribution is 5.37. The summed E-state index contributed by atoms with van der Waals surface area (Å²) in [5, 5.41) is 0. The molecule has 0 aliphatic heterocycles. The van der Waals surface area contributed by atoms with Gasteiger partial charge in [-0.25, -0.2) is 0 Å². The van der Waals surface area contributed by atoms with Crippen LogP contribution in [0.15, 0.2) is 0 Å². The Balaban J connectivity index is 1.29. The van der Waals surface area contributed by atoms with Crippen LogP contribution in [0.25, 0.3) is 0 Å². The van der Waals surface area contributed by atoms with Crippen molar-refractivity contribution in [1.82, 2.24) is 0 Å². The van der Waals surface area contributed by atoms with E-state index in [0.29, 0.717) is 6.47 Å². The predicted molar refractivity (Wildman–Crippen MR) is 184 cm³/mol. The Morgan fingerprint density at radius 3 is 1.05 bits per heavy atom. The molecular formula is C40H76O2. The van der Waals surface area contributed by atoms with Gasteiger partial charge in [-0.15, -0.1) is 0 Å². The van der Waals surface area contributed by atoms with Crippen molar-refractivity contribution in [1.29, 1.82) is 0 Å². The van der Waals surface area contributed by atoms with Crippen molar-refractivity contribution in [2.24, 2.45) is 23.7 Å². The van der Waals surface area contributed by atoms with Crippen LogP contribution in [0, 0.1) is 23.7 Å². The van der Waals surface area contributed by atoms with Gasteiger partial charge < -0.3 is 4.74 Å². The lowest BCUT2D eigenvalue weighted by molar-refractivity contribution is -0.134. The third-order valence-corrected chi connectivity index (χ3v) is 10.9. The minimum Gasteiger partial charge on any atom is -0.465 e. The third-order valence-electron chi connectivity index (χ3n) is 10.9. The molecule has 0 N–H and O–H groups in total. The minimum absolute atomic E-state index is 0.166. The molecule has 4 atom stereocenters. The van der Waals surface area contributed by atoms with Gasteiger partial charge in [0, 0.05) is 0 Å². The summed E-state index contributed by atoms with van der Waals surface area (Å²) < 4.78 is 5.44. The quantitative estimate of drug-likeness (QED) is 0.0552. The summed E-state index contributed by atoms with van der Waals surface area (Å²) >= 11 is 0. The highest BCUT2D eigenvalue weighted by atomic mass is 16.5. The smallest absolute Gasteiger partial charge is 0.293 e. The molecule has 2 aliphatic rings. The summed E-state index contributed by atoms with van der Waals surface area (Å²) in [5.74, 6) is 4.34. The van der Waals surface area contributed by atoms with Gasteiger partial charge in [0.25, 0.3) is 6.47 Å². The summed E-state index contributed by atoms with van der Waals surface area (Å²) in [6, 6.07) is 0. The molecule has 2 nitrogen and oxygen atoms in total. The van der Waals surface area contributed by atoms with Crippen molar-refractivity contribution < 1.29 is 9.53 Å². The lowest BCUT2D eigenvalue weighted by Gasteiger charge is -2.15. The molecule has 2 rings (SSSR count). The Bertz CT molecular complexity index is 542.